The van der Waals surface area contributed by atoms with Gasteiger partial charge in [-0.1, -0.05) is 32.1 Å². The van der Waals surface area contributed by atoms with Gasteiger partial charge in [0, 0.05) is 27.2 Å². The van der Waals surface area contributed by atoms with Gasteiger partial charge >= 0.3 is 0 Å². The Morgan fingerprint density at radius 3 is 2.53 bits per heavy atom. The van der Waals surface area contributed by atoms with Crippen LogP contribution in [0.15, 0.2) is 0 Å². The molecule has 112 valence electrons. The third kappa shape index (κ3) is 3.90. The topological polar surface area (TPSA) is 49.9 Å². The summed E-state index contributed by atoms with van der Waals surface area (Å²) < 4.78 is 32.8. The molecule has 1 aliphatic heterocycles. The monoisotopic (exact) mass is 290 g/mol. The molecule has 0 unspecified atom stereocenters. The van der Waals surface area contributed by atoms with E-state index in [0.29, 0.717) is 19.7 Å². The van der Waals surface area contributed by atoms with Gasteiger partial charge in [-0.25, -0.2) is 0 Å². The Balaban J connectivity index is 1.90. The molecule has 0 N–H and O–H groups in total. The van der Waals surface area contributed by atoms with Crippen molar-refractivity contribution in [3.05, 3.63) is 0 Å². The summed E-state index contributed by atoms with van der Waals surface area (Å²) in [7, 11) is -0.118. The minimum Gasteiger partial charge on any atom is -0.375 e. The van der Waals surface area contributed by atoms with Gasteiger partial charge in [0.15, 0.2) is 0 Å². The molecule has 0 aromatic rings. The Morgan fingerprint density at radius 1 is 1.21 bits per heavy atom. The summed E-state index contributed by atoms with van der Waals surface area (Å²) in [5, 5.41) is 0. The van der Waals surface area contributed by atoms with E-state index in [0.717, 1.165) is 12.3 Å². The maximum absolute atomic E-state index is 12.1. The second kappa shape index (κ2) is 6.52. The fourth-order valence-electron chi connectivity index (χ4n) is 3.07. The number of morpholine rings is 1. The first-order chi connectivity index (χ1) is 9.00. The zero-order valence-corrected chi connectivity index (χ0v) is 12.9. The van der Waals surface area contributed by atoms with Crippen LogP contribution in [0.3, 0.4) is 0 Å². The van der Waals surface area contributed by atoms with Crippen molar-refractivity contribution in [2.24, 2.45) is 5.92 Å². The summed E-state index contributed by atoms with van der Waals surface area (Å²) in [6.07, 6.45) is 7.63. The number of rotatable bonds is 4. The van der Waals surface area contributed by atoms with Crippen LogP contribution in [-0.2, 0) is 14.9 Å². The van der Waals surface area contributed by atoms with Gasteiger partial charge in [0.1, 0.15) is 0 Å². The first kappa shape index (κ1) is 15.2. The number of hydrogen-bond acceptors (Lipinski definition) is 3. The molecule has 19 heavy (non-hydrogen) atoms. The van der Waals surface area contributed by atoms with Gasteiger partial charge in [0.2, 0.25) is 0 Å². The average Bonchev–Trinajstić information content (AvgIpc) is 2.40. The lowest BCUT2D eigenvalue weighted by molar-refractivity contribution is -0.0179. The highest BCUT2D eigenvalue weighted by Gasteiger charge is 2.32. The molecule has 5 nitrogen and oxygen atoms in total. The van der Waals surface area contributed by atoms with Crippen molar-refractivity contribution in [2.45, 2.75) is 44.6 Å². The minimum absolute atomic E-state index is 0.0755. The number of nitrogens with zero attached hydrogens (tertiary/aromatic N) is 2. The zero-order valence-electron chi connectivity index (χ0n) is 12.0. The second-order valence-corrected chi connectivity index (χ2v) is 8.02. The van der Waals surface area contributed by atoms with Crippen molar-refractivity contribution in [3.8, 4) is 0 Å². The largest absolute Gasteiger partial charge is 0.375 e. The van der Waals surface area contributed by atoms with Gasteiger partial charge in [-0.2, -0.15) is 17.0 Å². The third-order valence-corrected chi connectivity index (χ3v) is 6.12. The van der Waals surface area contributed by atoms with Gasteiger partial charge in [-0.15, -0.1) is 0 Å². The molecule has 1 saturated heterocycles. The fourth-order valence-corrected chi connectivity index (χ4v) is 4.19. The van der Waals surface area contributed by atoms with E-state index in [1.807, 2.05) is 0 Å². The standard InChI is InChI=1S/C13H26N2O3S/c1-14(2)19(16,17)15-8-9-18-13(11-15)10-12-6-4-3-5-7-12/h12-13H,3-11H2,1-2H3/t13-/m0/s1. The van der Waals surface area contributed by atoms with Crippen LogP contribution in [0.5, 0.6) is 0 Å². The summed E-state index contributed by atoms with van der Waals surface area (Å²) in [5.74, 6) is 0.723. The average molecular weight is 290 g/mol. The minimum atomic E-state index is -3.29. The highest BCUT2D eigenvalue weighted by atomic mass is 32.2. The van der Waals surface area contributed by atoms with Gasteiger partial charge in [0.05, 0.1) is 12.7 Å². The summed E-state index contributed by atoms with van der Waals surface area (Å²) in [6, 6.07) is 0. The van der Waals surface area contributed by atoms with Crippen LogP contribution in [0, 0.1) is 5.92 Å². The summed E-state index contributed by atoms with van der Waals surface area (Å²) >= 11 is 0. The normalized spacial score (nSPS) is 27.8. The maximum Gasteiger partial charge on any atom is 0.281 e. The van der Waals surface area contributed by atoms with E-state index < -0.39 is 10.2 Å². The summed E-state index contributed by atoms with van der Waals surface area (Å²) in [5.41, 5.74) is 0. The van der Waals surface area contributed by atoms with Crippen LogP contribution in [-0.4, -0.2) is 56.9 Å². The van der Waals surface area contributed by atoms with E-state index in [2.05, 4.69) is 0 Å². The van der Waals surface area contributed by atoms with E-state index >= 15 is 0 Å². The molecule has 0 aromatic carbocycles. The Kier molecular flexibility index (Phi) is 5.22. The van der Waals surface area contributed by atoms with Crippen molar-refractivity contribution in [1.29, 1.82) is 0 Å². The maximum atomic E-state index is 12.1. The lowest BCUT2D eigenvalue weighted by atomic mass is 9.85. The quantitative estimate of drug-likeness (QED) is 0.787. The first-order valence-electron chi connectivity index (χ1n) is 7.29. The molecule has 2 rings (SSSR count). The zero-order chi connectivity index (χ0) is 13.9. The SMILES string of the molecule is CN(C)S(=O)(=O)N1CCO[C@@H](CC2CCCCC2)C1. The van der Waals surface area contributed by atoms with Crippen molar-refractivity contribution in [1.82, 2.24) is 8.61 Å². The molecule has 0 radical (unpaired) electrons. The molecule has 1 heterocycles. The molecule has 6 heteroatoms. The number of hydrogen-bond donors (Lipinski definition) is 0. The summed E-state index contributed by atoms with van der Waals surface area (Å²) in [4.78, 5) is 0. The Labute approximate surface area is 117 Å². The smallest absolute Gasteiger partial charge is 0.281 e. The Hall–Kier alpha value is -0.170. The lowest BCUT2D eigenvalue weighted by Gasteiger charge is -2.35. The Morgan fingerprint density at radius 2 is 1.89 bits per heavy atom. The predicted molar refractivity (Wildman–Crippen MR) is 75.1 cm³/mol. The predicted octanol–water partition coefficient (Wildman–Crippen LogP) is 1.46. The first-order valence-corrected chi connectivity index (χ1v) is 8.69. The second-order valence-electron chi connectivity index (χ2n) is 5.88. The molecule has 1 aliphatic carbocycles. The van der Waals surface area contributed by atoms with Gasteiger partial charge in [0.25, 0.3) is 10.2 Å². The van der Waals surface area contributed by atoms with E-state index in [1.54, 1.807) is 18.4 Å². The third-order valence-electron chi connectivity index (χ3n) is 4.21. The van der Waals surface area contributed by atoms with E-state index in [1.165, 1.54) is 36.4 Å². The molecular formula is C13H26N2O3S. The highest BCUT2D eigenvalue weighted by molar-refractivity contribution is 7.86. The van der Waals surface area contributed by atoms with E-state index in [4.69, 9.17) is 4.74 Å². The lowest BCUT2D eigenvalue weighted by Crippen LogP contribution is -2.49. The summed E-state index contributed by atoms with van der Waals surface area (Å²) in [6.45, 7) is 1.50. The number of ether oxygens (including phenoxy) is 1. The fraction of sp³-hybridized carbons (Fsp3) is 1.00. The van der Waals surface area contributed by atoms with Crippen LogP contribution in [0.4, 0.5) is 0 Å². The molecule has 2 fully saturated rings. The Bertz CT molecular complexity index is 377. The molecule has 1 atom stereocenters. The van der Waals surface area contributed by atoms with Crippen molar-refractivity contribution in [2.75, 3.05) is 33.8 Å². The molecule has 0 bridgehead atoms. The van der Waals surface area contributed by atoms with Gasteiger partial charge < -0.3 is 4.74 Å². The van der Waals surface area contributed by atoms with Crippen LogP contribution in [0.1, 0.15) is 38.5 Å². The molecule has 0 amide bonds. The van der Waals surface area contributed by atoms with Crippen LogP contribution in [0.2, 0.25) is 0 Å². The van der Waals surface area contributed by atoms with E-state index in [-0.39, 0.29) is 6.10 Å². The van der Waals surface area contributed by atoms with Gasteiger partial charge in [-0.3, -0.25) is 0 Å². The highest BCUT2D eigenvalue weighted by Crippen LogP contribution is 2.29. The van der Waals surface area contributed by atoms with Crippen molar-refractivity contribution < 1.29 is 13.2 Å². The molecule has 0 spiro atoms. The van der Waals surface area contributed by atoms with Crippen LogP contribution >= 0.6 is 0 Å². The molecule has 2 aliphatic rings. The molecule has 0 aromatic heterocycles. The van der Waals surface area contributed by atoms with Crippen molar-refractivity contribution >= 4 is 10.2 Å². The van der Waals surface area contributed by atoms with E-state index in [9.17, 15) is 8.42 Å². The molecular weight excluding hydrogens is 264 g/mol. The molecule has 1 saturated carbocycles. The van der Waals surface area contributed by atoms with Crippen LogP contribution in [0.25, 0.3) is 0 Å². The van der Waals surface area contributed by atoms with Crippen LogP contribution < -0.4 is 0 Å². The van der Waals surface area contributed by atoms with Gasteiger partial charge in [-0.05, 0) is 12.3 Å². The van der Waals surface area contributed by atoms with Crippen molar-refractivity contribution in [3.63, 3.8) is 0 Å².